The fraction of sp³-hybridized carbons (Fsp3) is 0. The number of benzene rings is 3. The largest absolute Gasteiger partial charge is 0.337 e. The van der Waals surface area contributed by atoms with Crippen molar-refractivity contribution in [1.82, 2.24) is 9.96 Å². The molecule has 0 aliphatic rings. The summed E-state index contributed by atoms with van der Waals surface area (Å²) in [6.45, 7) is 0. The number of rotatable bonds is 3. The van der Waals surface area contributed by atoms with Gasteiger partial charge in [-0.3, -0.25) is 0 Å². The van der Waals surface area contributed by atoms with Gasteiger partial charge in [0.05, 0.1) is 11.4 Å². The van der Waals surface area contributed by atoms with Crippen LogP contribution in [0.3, 0.4) is 0 Å². The zero-order chi connectivity index (χ0) is 16.4. The van der Waals surface area contributed by atoms with Crippen molar-refractivity contribution in [1.29, 1.82) is 0 Å². The van der Waals surface area contributed by atoms with Gasteiger partial charge < -0.3 is 4.98 Å². The molecule has 1 N–H and O–H groups in total. The van der Waals surface area contributed by atoms with E-state index < -0.39 is 0 Å². The minimum Gasteiger partial charge on any atom is -0.337 e. The zero-order valence-corrected chi connectivity index (χ0v) is 12.6. The van der Waals surface area contributed by atoms with Crippen LogP contribution in [0.15, 0.2) is 91.0 Å². The minimum absolute atomic E-state index is 0.647. The molecule has 3 aromatic carbocycles. The Labute approximate surface area is 136 Å². The number of nitrogens with one attached hydrogen (secondary N) is 1. The van der Waals surface area contributed by atoms with Gasteiger partial charge in [0.2, 0.25) is 0 Å². The lowest BCUT2D eigenvalue weighted by Gasteiger charge is -2.02. The molecule has 1 aromatic heterocycles. The van der Waals surface area contributed by atoms with E-state index >= 15 is 0 Å². The number of aromatic nitrogens is 2. The molecule has 0 aliphatic carbocycles. The summed E-state index contributed by atoms with van der Waals surface area (Å²) in [4.78, 5) is 6.24. The van der Waals surface area contributed by atoms with Crippen molar-refractivity contribution in [2.24, 2.45) is 0 Å². The highest BCUT2D eigenvalue weighted by atomic mass is 14.9. The molecule has 0 spiro atoms. The summed E-state index contributed by atoms with van der Waals surface area (Å²) < 4.78 is 8.65. The van der Waals surface area contributed by atoms with E-state index in [4.69, 9.17) is 6.40 Å². The first-order valence-electron chi connectivity index (χ1n) is 8.07. The summed E-state index contributed by atoms with van der Waals surface area (Å²) in [7, 11) is 0. The van der Waals surface area contributed by atoms with Gasteiger partial charge >= 0.3 is 0 Å². The van der Waals surface area contributed by atoms with E-state index in [1.165, 1.54) is 4.98 Å². The van der Waals surface area contributed by atoms with Crippen molar-refractivity contribution in [3.8, 4) is 33.9 Å². The maximum Gasteiger partial charge on any atom is 0.168 e. The number of H-pyrrole nitrogens is 1. The highest BCUT2D eigenvalue weighted by Crippen LogP contribution is 2.32. The maximum absolute atomic E-state index is 8.65. The van der Waals surface area contributed by atoms with Crippen molar-refractivity contribution in [2.75, 3.05) is 0 Å². The number of hydrogen-bond donors (Lipinski definition) is 1. The van der Waals surface area contributed by atoms with Gasteiger partial charge in [0, 0.05) is 16.7 Å². The molecular formula is C21H16N2. The predicted octanol–water partition coefficient (Wildman–Crippen LogP) is 5.41. The fourth-order valence-corrected chi connectivity index (χ4v) is 2.65. The Morgan fingerprint density at radius 2 is 1.09 bits per heavy atom. The molecule has 0 amide bonds. The third kappa shape index (κ3) is 2.67. The third-order valence-corrected chi connectivity index (χ3v) is 3.79. The van der Waals surface area contributed by atoms with Crippen molar-refractivity contribution in [3.63, 3.8) is 0 Å². The topological polar surface area (TPSA) is 28.7 Å². The molecule has 0 saturated heterocycles. The average Bonchev–Trinajstić information content (AvgIpc) is 3.01. The van der Waals surface area contributed by atoms with Crippen LogP contribution < -0.4 is 0 Å². The van der Waals surface area contributed by atoms with Crippen LogP contribution in [0, 0.1) is 0 Å². The van der Waals surface area contributed by atoms with E-state index in [0.717, 1.165) is 28.1 Å². The summed E-state index contributed by atoms with van der Waals surface area (Å²) in [5, 5.41) is 0. The molecule has 0 radical (unpaired) electrons. The Morgan fingerprint density at radius 3 is 1.65 bits per heavy atom. The van der Waals surface area contributed by atoms with Gasteiger partial charge in [-0.25, -0.2) is 4.98 Å². The van der Waals surface area contributed by atoms with Crippen LogP contribution in [0.2, 0.25) is 1.41 Å². The number of nitrogens with zero attached hydrogens (tertiary/aromatic N) is 1. The van der Waals surface area contributed by atoms with E-state index in [0.29, 0.717) is 5.82 Å². The molecule has 0 unspecified atom stereocenters. The Hall–Kier alpha value is -3.13. The quantitative estimate of drug-likeness (QED) is 0.538. The Kier molecular flexibility index (Phi) is 3.20. The van der Waals surface area contributed by atoms with Gasteiger partial charge in [-0.15, -0.1) is 0 Å². The summed E-state index contributed by atoms with van der Waals surface area (Å²) >= 11 is 0. The lowest BCUT2D eigenvalue weighted by atomic mass is 10.1. The van der Waals surface area contributed by atoms with E-state index in [9.17, 15) is 0 Å². The lowest BCUT2D eigenvalue weighted by Crippen LogP contribution is -1.82. The highest BCUT2D eigenvalue weighted by molar-refractivity contribution is 5.81. The molecule has 2 nitrogen and oxygen atoms in total. The van der Waals surface area contributed by atoms with E-state index in [2.05, 4.69) is 0 Å². The number of imidazole rings is 1. The van der Waals surface area contributed by atoms with Crippen LogP contribution >= 0.6 is 0 Å². The van der Waals surface area contributed by atoms with Gasteiger partial charge in [-0.2, -0.15) is 0 Å². The van der Waals surface area contributed by atoms with Crippen LogP contribution in [-0.4, -0.2) is 9.96 Å². The third-order valence-electron chi connectivity index (χ3n) is 3.79. The monoisotopic (exact) mass is 297 g/mol. The first-order valence-corrected chi connectivity index (χ1v) is 7.63. The standard InChI is InChI=1S/C21H16N2/c1-4-10-16(11-5-1)19-20(17-12-6-2-7-13-17)23-21(22-19)18-14-8-3-9-15-18/h1-15H,(H,22,23)/i/hD. The number of hydrogen-bond acceptors (Lipinski definition) is 1. The lowest BCUT2D eigenvalue weighted by molar-refractivity contribution is 1.31. The fourth-order valence-electron chi connectivity index (χ4n) is 2.65. The zero-order valence-electron chi connectivity index (χ0n) is 13.6. The molecular weight excluding hydrogens is 280 g/mol. The Balaban J connectivity index is 1.99. The maximum atomic E-state index is 8.65. The van der Waals surface area contributed by atoms with E-state index in [1.807, 2.05) is 91.0 Å². The van der Waals surface area contributed by atoms with Gasteiger partial charge in [-0.05, 0) is 0 Å². The van der Waals surface area contributed by atoms with Crippen molar-refractivity contribution in [2.45, 2.75) is 0 Å². The van der Waals surface area contributed by atoms with Crippen molar-refractivity contribution < 1.29 is 1.41 Å². The molecule has 0 saturated carbocycles. The van der Waals surface area contributed by atoms with Crippen LogP contribution in [0.5, 0.6) is 0 Å². The number of aromatic amines is 1. The van der Waals surface area contributed by atoms with Crippen LogP contribution in [0.25, 0.3) is 33.9 Å². The molecule has 0 bridgehead atoms. The van der Waals surface area contributed by atoms with E-state index in [-0.39, 0.29) is 0 Å². The smallest absolute Gasteiger partial charge is 0.168 e. The molecule has 0 atom stereocenters. The Morgan fingerprint density at radius 1 is 0.609 bits per heavy atom. The second-order valence-corrected chi connectivity index (χ2v) is 5.34. The minimum atomic E-state index is 0.647. The highest BCUT2D eigenvalue weighted by Gasteiger charge is 2.14. The SMILES string of the molecule is [2H]n1c(-c2ccccc2)nc(-c2ccccc2)c1-c1ccccc1. The molecule has 1 heterocycles. The second kappa shape index (κ2) is 5.93. The average molecular weight is 297 g/mol. The first kappa shape index (κ1) is 12.4. The van der Waals surface area contributed by atoms with E-state index in [1.54, 1.807) is 0 Å². The van der Waals surface area contributed by atoms with Gasteiger partial charge in [-0.1, -0.05) is 91.0 Å². The summed E-state index contributed by atoms with van der Waals surface area (Å²) in [6.07, 6.45) is 0. The second-order valence-electron chi connectivity index (χ2n) is 5.34. The predicted molar refractivity (Wildman–Crippen MR) is 94.9 cm³/mol. The normalized spacial score (nSPS) is 11.2. The van der Waals surface area contributed by atoms with Crippen molar-refractivity contribution in [3.05, 3.63) is 91.0 Å². The van der Waals surface area contributed by atoms with Gasteiger partial charge in [0.25, 0.3) is 0 Å². The molecule has 2 heteroatoms. The molecule has 0 aliphatic heterocycles. The van der Waals surface area contributed by atoms with Gasteiger partial charge in [0.15, 0.2) is 1.41 Å². The summed E-state index contributed by atoms with van der Waals surface area (Å²) in [6, 6.07) is 29.9. The summed E-state index contributed by atoms with van der Waals surface area (Å²) in [5.41, 5.74) is 4.57. The molecule has 4 aromatic rings. The van der Waals surface area contributed by atoms with Crippen LogP contribution in [0.4, 0.5) is 0 Å². The van der Waals surface area contributed by atoms with Gasteiger partial charge in [0.1, 0.15) is 5.82 Å². The molecule has 0 fully saturated rings. The molecule has 4 rings (SSSR count). The first-order chi connectivity index (χ1) is 11.8. The van der Waals surface area contributed by atoms with Crippen LogP contribution in [-0.2, 0) is 0 Å². The molecule has 23 heavy (non-hydrogen) atoms. The molecule has 110 valence electrons. The van der Waals surface area contributed by atoms with Crippen molar-refractivity contribution >= 4 is 0 Å². The summed E-state index contributed by atoms with van der Waals surface area (Å²) in [5.74, 6) is 0.647. The Bertz CT molecular complexity index is 945. The van der Waals surface area contributed by atoms with Crippen LogP contribution in [0.1, 0.15) is 0 Å².